The molecule has 0 spiro atoms. The molecule has 252 valence electrons. The first-order valence-electron chi connectivity index (χ1n) is 17.0. The average molecular weight is 635 g/mol. The van der Waals surface area contributed by atoms with Gasteiger partial charge in [0.15, 0.2) is 8.32 Å². The molecule has 3 aliphatic rings. The fraction of sp³-hybridized carbons (Fsp3) is 0.833. The van der Waals surface area contributed by atoms with Crippen molar-refractivity contribution < 1.29 is 33.0 Å². The third-order valence-electron chi connectivity index (χ3n) is 11.0. The van der Waals surface area contributed by atoms with Gasteiger partial charge in [-0.25, -0.2) is 0 Å². The molecule has 3 rings (SSSR count). The highest BCUT2D eigenvalue weighted by Crippen LogP contribution is 2.43. The van der Waals surface area contributed by atoms with Crippen LogP contribution in [0, 0.1) is 23.7 Å². The van der Waals surface area contributed by atoms with Gasteiger partial charge in [0, 0.05) is 25.4 Å². The summed E-state index contributed by atoms with van der Waals surface area (Å²) in [6, 6.07) is 0. The number of esters is 1. The first-order chi connectivity index (χ1) is 20.6. The number of carbonyl (C=O) groups excluding carboxylic acids is 2. The Balaban J connectivity index is 1.62. The van der Waals surface area contributed by atoms with Crippen LogP contribution in [0.3, 0.4) is 0 Å². The summed E-state index contributed by atoms with van der Waals surface area (Å²) in [5.41, 5.74) is 2.24. The second-order valence-corrected chi connectivity index (χ2v) is 20.4. The lowest BCUT2D eigenvalue weighted by Crippen LogP contribution is -2.42. The number of aldehydes is 1. The summed E-state index contributed by atoms with van der Waals surface area (Å²) < 4.78 is 31.4. The highest BCUT2D eigenvalue weighted by Gasteiger charge is 2.46. The Morgan fingerprint density at radius 3 is 2.36 bits per heavy atom. The van der Waals surface area contributed by atoms with E-state index in [4.69, 9.17) is 23.4 Å². The van der Waals surface area contributed by atoms with Crippen LogP contribution in [0.25, 0.3) is 0 Å². The predicted octanol–water partition coefficient (Wildman–Crippen LogP) is 7.83. The number of rotatable bonds is 15. The van der Waals surface area contributed by atoms with Gasteiger partial charge in [0.2, 0.25) is 0 Å². The molecular formula is C36H62O7Si. The summed E-state index contributed by atoms with van der Waals surface area (Å²) >= 11 is 0. The van der Waals surface area contributed by atoms with Gasteiger partial charge < -0.3 is 28.2 Å². The van der Waals surface area contributed by atoms with Gasteiger partial charge in [-0.15, -0.1) is 0 Å². The molecule has 0 N–H and O–H groups in total. The zero-order valence-electron chi connectivity index (χ0n) is 29.2. The molecular weight excluding hydrogens is 572 g/mol. The Kier molecular flexibility index (Phi) is 13.5. The molecule has 0 unspecified atom stereocenters. The Bertz CT molecular complexity index is 987. The monoisotopic (exact) mass is 634 g/mol. The third-order valence-corrected chi connectivity index (χ3v) is 15.5. The van der Waals surface area contributed by atoms with Gasteiger partial charge >= 0.3 is 5.97 Å². The van der Waals surface area contributed by atoms with Crippen molar-refractivity contribution in [3.63, 3.8) is 0 Å². The van der Waals surface area contributed by atoms with Crippen LogP contribution in [0.5, 0.6) is 0 Å². The van der Waals surface area contributed by atoms with Crippen LogP contribution < -0.4 is 0 Å². The zero-order valence-corrected chi connectivity index (χ0v) is 30.2. The minimum Gasteiger partial charge on any atom is -0.469 e. The molecule has 0 saturated carbocycles. The molecule has 0 amide bonds. The zero-order chi connectivity index (χ0) is 32.8. The summed E-state index contributed by atoms with van der Waals surface area (Å²) in [5, 5.41) is 0.176. The summed E-state index contributed by atoms with van der Waals surface area (Å²) in [6.07, 6.45) is 7.76. The van der Waals surface area contributed by atoms with Crippen molar-refractivity contribution in [1.82, 2.24) is 0 Å². The summed E-state index contributed by atoms with van der Waals surface area (Å²) in [7, 11) is -0.367. The Labute approximate surface area is 269 Å². The van der Waals surface area contributed by atoms with Crippen LogP contribution in [-0.4, -0.2) is 70.9 Å². The van der Waals surface area contributed by atoms with Crippen LogP contribution >= 0.6 is 0 Å². The Morgan fingerprint density at radius 1 is 1.05 bits per heavy atom. The molecule has 3 aliphatic heterocycles. The van der Waals surface area contributed by atoms with Crippen molar-refractivity contribution >= 4 is 20.6 Å². The lowest BCUT2D eigenvalue weighted by molar-refractivity contribution is -0.142. The topological polar surface area (TPSA) is 80.3 Å². The van der Waals surface area contributed by atoms with Gasteiger partial charge in [-0.2, -0.15) is 0 Å². The maximum Gasteiger partial charge on any atom is 0.305 e. The van der Waals surface area contributed by atoms with Crippen molar-refractivity contribution in [3.8, 4) is 0 Å². The highest BCUT2D eigenvalue weighted by molar-refractivity contribution is 6.74. The third kappa shape index (κ3) is 9.84. The number of hydrogen-bond acceptors (Lipinski definition) is 7. The minimum absolute atomic E-state index is 0.0287. The fourth-order valence-corrected chi connectivity index (χ4v) is 8.00. The molecule has 0 aliphatic carbocycles. The average Bonchev–Trinajstić information content (AvgIpc) is 3.44. The summed E-state index contributed by atoms with van der Waals surface area (Å²) in [4.78, 5) is 23.3. The second kappa shape index (κ2) is 16.0. The molecule has 0 aromatic rings. The first kappa shape index (κ1) is 37.1. The molecule has 8 heteroatoms. The molecule has 0 radical (unpaired) electrons. The molecule has 3 fully saturated rings. The fourth-order valence-electron chi connectivity index (χ4n) is 6.87. The van der Waals surface area contributed by atoms with E-state index >= 15 is 0 Å². The van der Waals surface area contributed by atoms with Gasteiger partial charge in [0.25, 0.3) is 0 Å². The van der Waals surface area contributed by atoms with E-state index in [1.165, 1.54) is 7.11 Å². The maximum atomic E-state index is 12.5. The van der Waals surface area contributed by atoms with Gasteiger partial charge in [-0.1, -0.05) is 54.7 Å². The van der Waals surface area contributed by atoms with Crippen molar-refractivity contribution in [1.29, 1.82) is 0 Å². The molecule has 0 aromatic carbocycles. The summed E-state index contributed by atoms with van der Waals surface area (Å²) in [5.74, 6) is 0.782. The molecule has 0 bridgehead atoms. The Morgan fingerprint density at radius 2 is 1.73 bits per heavy atom. The van der Waals surface area contributed by atoms with E-state index in [0.717, 1.165) is 62.6 Å². The van der Waals surface area contributed by atoms with E-state index in [-0.39, 0.29) is 59.5 Å². The largest absolute Gasteiger partial charge is 0.469 e. The number of ether oxygens (including phenoxy) is 4. The predicted molar refractivity (Wildman–Crippen MR) is 178 cm³/mol. The van der Waals surface area contributed by atoms with E-state index in [1.54, 1.807) is 0 Å². The van der Waals surface area contributed by atoms with Gasteiger partial charge in [-0.3, -0.25) is 4.79 Å². The highest BCUT2D eigenvalue weighted by atomic mass is 28.4. The van der Waals surface area contributed by atoms with Crippen LogP contribution in [0.15, 0.2) is 24.3 Å². The second-order valence-electron chi connectivity index (χ2n) is 15.6. The van der Waals surface area contributed by atoms with Crippen LogP contribution in [0.1, 0.15) is 99.3 Å². The van der Waals surface area contributed by atoms with Crippen LogP contribution in [-0.2, 0) is 33.0 Å². The van der Waals surface area contributed by atoms with Gasteiger partial charge in [0.1, 0.15) is 6.29 Å². The van der Waals surface area contributed by atoms with Crippen molar-refractivity contribution in [2.75, 3.05) is 13.7 Å². The van der Waals surface area contributed by atoms with E-state index in [1.807, 2.05) is 0 Å². The van der Waals surface area contributed by atoms with E-state index < -0.39 is 8.32 Å². The molecule has 3 heterocycles. The van der Waals surface area contributed by atoms with Crippen molar-refractivity contribution in [2.45, 2.75) is 154 Å². The Hall–Kier alpha value is -1.32. The molecule has 7 nitrogen and oxygen atoms in total. The smallest absolute Gasteiger partial charge is 0.305 e. The maximum absolute atomic E-state index is 12.5. The number of hydrogen-bond donors (Lipinski definition) is 0. The lowest BCUT2D eigenvalue weighted by atomic mass is 9.79. The number of carbonyl (C=O) groups is 2. The standard InChI is InChI=1S/C36H62O7Si/c1-23(22-40-44(10,11)36(6,7)8)17-32-27(5)30(20-35(38)39-9)34(43-32)21-33-26(4)24(2)18-29(42-33)14-15-31-25(3)19-28(41-31)13-12-16-37/h16,23-24,27-34H,3-4,12-15,17-22H2,1-2,5-11H3/t23-,24+,27+,28-,29-,30+,31-,32+,33+,34-/m0/s1. The van der Waals surface area contributed by atoms with Gasteiger partial charge in [0.05, 0.1) is 50.2 Å². The number of methoxy groups -OCH3 is 1. The first-order valence-corrected chi connectivity index (χ1v) is 19.9. The van der Waals surface area contributed by atoms with Crippen molar-refractivity contribution in [3.05, 3.63) is 24.3 Å². The summed E-state index contributed by atoms with van der Waals surface area (Å²) in [6.45, 7) is 27.5. The molecule has 0 aromatic heterocycles. The van der Waals surface area contributed by atoms with Gasteiger partial charge in [-0.05, 0) is 85.6 Å². The SMILES string of the molecule is C=C1C[C@H](CCC=O)O[C@H]1CC[C@H]1C[C@@H](C)C(=C)[C@@H](C[C@@H]2O[C@H](C[C@H](C)CO[Si](C)(C)C(C)(C)C)[C@H](C)[C@H]2CC(=O)OC)O1. The van der Waals surface area contributed by atoms with Crippen LogP contribution in [0.4, 0.5) is 0 Å². The molecule has 44 heavy (non-hydrogen) atoms. The van der Waals surface area contributed by atoms with E-state index in [0.29, 0.717) is 31.1 Å². The van der Waals surface area contributed by atoms with E-state index in [2.05, 4.69) is 67.8 Å². The normalized spacial score (nSPS) is 33.9. The van der Waals surface area contributed by atoms with E-state index in [9.17, 15) is 9.59 Å². The molecule has 10 atom stereocenters. The minimum atomic E-state index is -1.83. The van der Waals surface area contributed by atoms with Crippen molar-refractivity contribution in [2.24, 2.45) is 23.7 Å². The quantitative estimate of drug-likeness (QED) is 0.0786. The molecule has 3 saturated heterocycles. The lowest BCUT2D eigenvalue weighted by Gasteiger charge is -2.38. The van der Waals surface area contributed by atoms with Crippen LogP contribution in [0.2, 0.25) is 18.1 Å².